The second-order valence-electron chi connectivity index (χ2n) is 7.78. The largest absolute Gasteiger partial charge is 0.489 e. The summed E-state index contributed by atoms with van der Waals surface area (Å²) in [6.45, 7) is 4.03. The van der Waals surface area contributed by atoms with Crippen molar-refractivity contribution in [2.24, 2.45) is 0 Å². The third-order valence-electron chi connectivity index (χ3n) is 5.85. The Labute approximate surface area is 181 Å². The second-order valence-corrected chi connectivity index (χ2v) is 7.78. The minimum Gasteiger partial charge on any atom is -0.489 e. The fraction of sp³-hybridized carbons (Fsp3) is 0.292. The number of nitrogens with zero attached hydrogens (tertiary/aromatic N) is 5. The lowest BCUT2D eigenvalue weighted by molar-refractivity contribution is -0.120. The first-order chi connectivity index (χ1) is 15.3. The molecule has 0 radical (unpaired) electrons. The molecule has 2 aromatic carbocycles. The Morgan fingerprint density at radius 1 is 0.903 bits per heavy atom. The first kappa shape index (κ1) is 19.5. The first-order valence-corrected chi connectivity index (χ1v) is 10.6. The number of carbonyl (C=O) groups excluding carboxylic acids is 1. The summed E-state index contributed by atoms with van der Waals surface area (Å²) in [7, 11) is 0. The van der Waals surface area contributed by atoms with E-state index in [-0.39, 0.29) is 11.9 Å². The smallest absolute Gasteiger partial charge is 0.241 e. The van der Waals surface area contributed by atoms with Crippen LogP contribution in [0.4, 0.5) is 11.6 Å². The van der Waals surface area contributed by atoms with E-state index in [1.165, 1.54) is 0 Å². The zero-order chi connectivity index (χ0) is 21.0. The molecule has 5 rings (SSSR count). The number of para-hydroxylation sites is 2. The number of benzene rings is 2. The molecular weight excluding hydrogens is 390 g/mol. The Hall–Kier alpha value is -3.45. The molecule has 0 N–H and O–H groups in total. The van der Waals surface area contributed by atoms with Gasteiger partial charge in [-0.2, -0.15) is 0 Å². The number of ether oxygens (including phenoxy) is 1. The van der Waals surface area contributed by atoms with E-state index in [0.717, 1.165) is 49.1 Å². The van der Waals surface area contributed by atoms with E-state index in [4.69, 9.17) is 4.74 Å². The molecule has 31 heavy (non-hydrogen) atoms. The molecule has 3 aromatic rings. The molecule has 0 bridgehead atoms. The molecule has 2 aliphatic heterocycles. The fourth-order valence-electron chi connectivity index (χ4n) is 4.25. The minimum absolute atomic E-state index is 0.0917. The highest BCUT2D eigenvalue weighted by Gasteiger charge is 2.34. The van der Waals surface area contributed by atoms with E-state index in [0.29, 0.717) is 13.2 Å². The lowest BCUT2D eigenvalue weighted by atomic mass is 10.0. The zero-order valence-corrected chi connectivity index (χ0v) is 17.3. The summed E-state index contributed by atoms with van der Waals surface area (Å²) in [5.41, 5.74) is 1.92. The van der Waals surface area contributed by atoms with Crippen LogP contribution < -0.4 is 14.5 Å². The van der Waals surface area contributed by atoms with Crippen LogP contribution in [0.5, 0.6) is 5.75 Å². The van der Waals surface area contributed by atoms with Crippen LogP contribution in [-0.4, -0.2) is 60.1 Å². The van der Waals surface area contributed by atoms with Gasteiger partial charge in [-0.15, -0.1) is 0 Å². The quantitative estimate of drug-likeness (QED) is 0.653. The molecule has 1 unspecified atom stereocenters. The normalized spacial score (nSPS) is 18.9. The topological polar surface area (TPSA) is 61.8 Å². The number of hydrogen-bond acceptors (Lipinski definition) is 6. The summed E-state index contributed by atoms with van der Waals surface area (Å²) in [6.07, 6.45) is 3.52. The number of amides is 1. The summed E-state index contributed by atoms with van der Waals surface area (Å²) in [5, 5.41) is 0. The van der Waals surface area contributed by atoms with E-state index in [1.54, 1.807) is 12.4 Å². The Bertz CT molecular complexity index is 1020. The monoisotopic (exact) mass is 415 g/mol. The van der Waals surface area contributed by atoms with Gasteiger partial charge in [0, 0.05) is 38.6 Å². The highest BCUT2D eigenvalue weighted by molar-refractivity contribution is 5.97. The van der Waals surface area contributed by atoms with Gasteiger partial charge in [-0.25, -0.2) is 9.97 Å². The van der Waals surface area contributed by atoms with Gasteiger partial charge in [0.1, 0.15) is 12.4 Å². The number of anilines is 2. The van der Waals surface area contributed by atoms with E-state index in [9.17, 15) is 4.79 Å². The predicted octanol–water partition coefficient (Wildman–Crippen LogP) is 2.77. The van der Waals surface area contributed by atoms with E-state index in [1.807, 2.05) is 53.4 Å². The van der Waals surface area contributed by atoms with E-state index >= 15 is 0 Å². The average molecular weight is 415 g/mol. The standard InChI is InChI=1S/C24H25N5O2/c30-23(17-27-13-15-28(16-14-27)24-25-11-6-12-26-24)29-20-9-4-5-10-22(20)31-18-21(29)19-7-2-1-3-8-19/h1-12,21H,13-18H2. The molecule has 0 saturated carbocycles. The molecule has 1 atom stereocenters. The summed E-state index contributed by atoms with van der Waals surface area (Å²) >= 11 is 0. The van der Waals surface area contributed by atoms with Gasteiger partial charge in [-0.1, -0.05) is 42.5 Å². The number of carbonyl (C=O) groups is 1. The summed E-state index contributed by atoms with van der Waals surface area (Å²) in [4.78, 5) is 28.5. The van der Waals surface area contributed by atoms with Crippen LogP contribution in [0.1, 0.15) is 11.6 Å². The molecule has 1 fully saturated rings. The van der Waals surface area contributed by atoms with Gasteiger partial charge >= 0.3 is 0 Å². The van der Waals surface area contributed by atoms with Crippen molar-refractivity contribution in [3.05, 3.63) is 78.6 Å². The summed E-state index contributed by atoms with van der Waals surface area (Å²) in [5.74, 6) is 1.60. The van der Waals surface area contributed by atoms with Crippen molar-refractivity contribution in [1.29, 1.82) is 0 Å². The van der Waals surface area contributed by atoms with Crippen molar-refractivity contribution in [2.45, 2.75) is 6.04 Å². The van der Waals surface area contributed by atoms with Gasteiger partial charge in [0.15, 0.2) is 0 Å². The van der Waals surface area contributed by atoms with Gasteiger partial charge in [0.05, 0.1) is 18.3 Å². The molecule has 1 saturated heterocycles. The van der Waals surface area contributed by atoms with Crippen LogP contribution in [0, 0.1) is 0 Å². The fourth-order valence-corrected chi connectivity index (χ4v) is 4.25. The van der Waals surface area contributed by atoms with Gasteiger partial charge in [-0.3, -0.25) is 14.6 Å². The van der Waals surface area contributed by atoms with Crippen molar-refractivity contribution in [3.63, 3.8) is 0 Å². The third-order valence-corrected chi connectivity index (χ3v) is 5.85. The van der Waals surface area contributed by atoms with Crippen LogP contribution in [0.15, 0.2) is 73.1 Å². The molecule has 0 spiro atoms. The van der Waals surface area contributed by atoms with Crippen LogP contribution in [0.3, 0.4) is 0 Å². The van der Waals surface area contributed by atoms with Crippen LogP contribution >= 0.6 is 0 Å². The van der Waals surface area contributed by atoms with Crippen LogP contribution in [0.25, 0.3) is 0 Å². The number of piperazine rings is 1. The van der Waals surface area contributed by atoms with Crippen LogP contribution in [-0.2, 0) is 4.79 Å². The second kappa shape index (κ2) is 8.73. The number of rotatable bonds is 4. The molecule has 158 valence electrons. The Morgan fingerprint density at radius 2 is 1.61 bits per heavy atom. The molecule has 3 heterocycles. The number of aromatic nitrogens is 2. The summed E-state index contributed by atoms with van der Waals surface area (Å²) in [6, 6.07) is 19.6. The predicted molar refractivity (Wildman–Crippen MR) is 119 cm³/mol. The zero-order valence-electron chi connectivity index (χ0n) is 17.3. The molecule has 1 amide bonds. The Balaban J connectivity index is 1.32. The minimum atomic E-state index is -0.136. The highest BCUT2D eigenvalue weighted by Crippen LogP contribution is 2.39. The van der Waals surface area contributed by atoms with Crippen molar-refractivity contribution in [3.8, 4) is 5.75 Å². The first-order valence-electron chi connectivity index (χ1n) is 10.6. The maximum atomic E-state index is 13.6. The van der Waals surface area contributed by atoms with Gasteiger partial charge in [0.2, 0.25) is 11.9 Å². The van der Waals surface area contributed by atoms with Crippen molar-refractivity contribution in [1.82, 2.24) is 14.9 Å². The SMILES string of the molecule is O=C(CN1CCN(c2ncccn2)CC1)N1c2ccccc2OCC1c1ccccc1. The molecule has 7 nitrogen and oxygen atoms in total. The molecule has 1 aromatic heterocycles. The van der Waals surface area contributed by atoms with Gasteiger partial charge in [-0.05, 0) is 23.8 Å². The lowest BCUT2D eigenvalue weighted by Crippen LogP contribution is -2.52. The van der Waals surface area contributed by atoms with Crippen molar-refractivity contribution in [2.75, 3.05) is 49.1 Å². The average Bonchev–Trinajstić information content (AvgIpc) is 2.85. The highest BCUT2D eigenvalue weighted by atomic mass is 16.5. The molecular formula is C24H25N5O2. The molecule has 2 aliphatic rings. The maximum absolute atomic E-state index is 13.6. The number of hydrogen-bond donors (Lipinski definition) is 0. The lowest BCUT2D eigenvalue weighted by Gasteiger charge is -2.39. The van der Waals surface area contributed by atoms with E-state index < -0.39 is 0 Å². The van der Waals surface area contributed by atoms with Crippen molar-refractivity contribution < 1.29 is 9.53 Å². The van der Waals surface area contributed by atoms with Crippen LogP contribution in [0.2, 0.25) is 0 Å². The number of fused-ring (bicyclic) bond motifs is 1. The van der Waals surface area contributed by atoms with Gasteiger partial charge < -0.3 is 9.64 Å². The van der Waals surface area contributed by atoms with Crippen molar-refractivity contribution >= 4 is 17.5 Å². The molecule has 7 heteroatoms. The Kier molecular flexibility index (Phi) is 5.50. The molecule has 0 aliphatic carbocycles. The Morgan fingerprint density at radius 3 is 2.39 bits per heavy atom. The van der Waals surface area contributed by atoms with E-state index in [2.05, 4.69) is 31.9 Å². The maximum Gasteiger partial charge on any atom is 0.241 e. The summed E-state index contributed by atoms with van der Waals surface area (Å²) < 4.78 is 6.00. The van der Waals surface area contributed by atoms with Gasteiger partial charge in [0.25, 0.3) is 0 Å². The third kappa shape index (κ3) is 4.09.